The van der Waals surface area contributed by atoms with E-state index in [0.29, 0.717) is 24.9 Å². The standard InChI is InChI=1S/C8H11ClN2O2/c9-7-1-2-11(10-7)3-8(4-12)5-13-6-8/h1-2,12H,3-6H2. The van der Waals surface area contributed by atoms with E-state index in [0.717, 1.165) is 0 Å². The molecule has 5 heteroatoms. The minimum absolute atomic E-state index is 0.129. The molecule has 0 amide bonds. The normalized spacial score (nSPS) is 19.8. The molecule has 0 saturated carbocycles. The van der Waals surface area contributed by atoms with Gasteiger partial charge in [0.25, 0.3) is 0 Å². The first-order chi connectivity index (χ1) is 6.24. The van der Waals surface area contributed by atoms with Gasteiger partial charge >= 0.3 is 0 Å². The fourth-order valence-corrected chi connectivity index (χ4v) is 1.55. The fraction of sp³-hybridized carbons (Fsp3) is 0.625. The first-order valence-electron chi connectivity index (χ1n) is 4.12. The van der Waals surface area contributed by atoms with Crippen molar-refractivity contribution < 1.29 is 9.84 Å². The van der Waals surface area contributed by atoms with Gasteiger partial charge in [0.1, 0.15) is 0 Å². The Hall–Kier alpha value is -0.580. The molecule has 13 heavy (non-hydrogen) atoms. The molecule has 0 spiro atoms. The minimum atomic E-state index is -0.144. The summed E-state index contributed by atoms with van der Waals surface area (Å²) in [6, 6.07) is 1.73. The van der Waals surface area contributed by atoms with Crippen molar-refractivity contribution in [3.63, 3.8) is 0 Å². The highest BCUT2D eigenvalue weighted by atomic mass is 35.5. The zero-order valence-electron chi connectivity index (χ0n) is 7.11. The van der Waals surface area contributed by atoms with E-state index in [1.54, 1.807) is 16.9 Å². The maximum absolute atomic E-state index is 9.15. The van der Waals surface area contributed by atoms with Gasteiger partial charge in [0.05, 0.1) is 31.8 Å². The summed E-state index contributed by atoms with van der Waals surface area (Å²) in [4.78, 5) is 0. The molecule has 0 aromatic carbocycles. The summed E-state index contributed by atoms with van der Waals surface area (Å²) >= 11 is 5.67. The van der Waals surface area contributed by atoms with Crippen molar-refractivity contribution in [3.05, 3.63) is 17.4 Å². The van der Waals surface area contributed by atoms with Crippen molar-refractivity contribution in [3.8, 4) is 0 Å². The highest BCUT2D eigenvalue weighted by Gasteiger charge is 2.38. The third kappa shape index (κ3) is 1.70. The van der Waals surface area contributed by atoms with Gasteiger partial charge in [-0.15, -0.1) is 0 Å². The predicted octanol–water partition coefficient (Wildman–Crippen LogP) is 0.545. The second-order valence-electron chi connectivity index (χ2n) is 3.49. The van der Waals surface area contributed by atoms with Gasteiger partial charge < -0.3 is 9.84 Å². The highest BCUT2D eigenvalue weighted by Crippen LogP contribution is 2.28. The number of halogens is 1. The van der Waals surface area contributed by atoms with Crippen molar-refractivity contribution >= 4 is 11.6 Å². The van der Waals surface area contributed by atoms with Gasteiger partial charge in [0.2, 0.25) is 0 Å². The monoisotopic (exact) mass is 202 g/mol. The first-order valence-corrected chi connectivity index (χ1v) is 4.49. The van der Waals surface area contributed by atoms with Gasteiger partial charge in [0, 0.05) is 6.20 Å². The molecule has 1 fully saturated rings. The van der Waals surface area contributed by atoms with E-state index in [1.807, 2.05) is 0 Å². The van der Waals surface area contributed by atoms with Crippen molar-refractivity contribution in [1.29, 1.82) is 0 Å². The molecule has 1 saturated heterocycles. The molecular weight excluding hydrogens is 192 g/mol. The molecule has 0 bridgehead atoms. The maximum atomic E-state index is 9.15. The molecule has 4 nitrogen and oxygen atoms in total. The lowest BCUT2D eigenvalue weighted by Gasteiger charge is -2.39. The van der Waals surface area contributed by atoms with E-state index in [-0.39, 0.29) is 12.0 Å². The number of aliphatic hydroxyl groups excluding tert-OH is 1. The quantitative estimate of drug-likeness (QED) is 0.779. The van der Waals surface area contributed by atoms with E-state index in [9.17, 15) is 0 Å². The lowest BCUT2D eigenvalue weighted by atomic mass is 9.87. The predicted molar refractivity (Wildman–Crippen MR) is 47.6 cm³/mol. The smallest absolute Gasteiger partial charge is 0.151 e. The van der Waals surface area contributed by atoms with Crippen molar-refractivity contribution in [2.24, 2.45) is 5.41 Å². The van der Waals surface area contributed by atoms with Gasteiger partial charge in [-0.2, -0.15) is 5.10 Å². The molecule has 1 aliphatic rings. The first kappa shape index (κ1) is 8.99. The van der Waals surface area contributed by atoms with Crippen molar-refractivity contribution in [1.82, 2.24) is 9.78 Å². The van der Waals surface area contributed by atoms with Crippen LogP contribution in [0.3, 0.4) is 0 Å². The van der Waals surface area contributed by atoms with Gasteiger partial charge in [-0.1, -0.05) is 11.6 Å². The van der Waals surface area contributed by atoms with Crippen molar-refractivity contribution in [2.75, 3.05) is 19.8 Å². The summed E-state index contributed by atoms with van der Waals surface area (Å²) in [7, 11) is 0. The highest BCUT2D eigenvalue weighted by molar-refractivity contribution is 6.29. The van der Waals surface area contributed by atoms with Crippen LogP contribution in [0.1, 0.15) is 0 Å². The molecular formula is C8H11ClN2O2. The number of hydrogen-bond donors (Lipinski definition) is 1. The Bertz CT molecular complexity index is 291. The summed E-state index contributed by atoms with van der Waals surface area (Å²) in [5.41, 5.74) is -0.144. The Balaban J connectivity index is 2.04. The molecule has 1 aliphatic heterocycles. The summed E-state index contributed by atoms with van der Waals surface area (Å²) < 4.78 is 6.81. The van der Waals surface area contributed by atoms with Crippen LogP contribution in [0.25, 0.3) is 0 Å². The molecule has 0 aliphatic carbocycles. The van der Waals surface area contributed by atoms with E-state index in [2.05, 4.69) is 5.10 Å². The molecule has 1 N–H and O–H groups in total. The topological polar surface area (TPSA) is 47.3 Å². The third-order valence-electron chi connectivity index (χ3n) is 2.26. The fourth-order valence-electron chi connectivity index (χ4n) is 1.39. The average molecular weight is 203 g/mol. The van der Waals surface area contributed by atoms with Gasteiger partial charge in [-0.25, -0.2) is 0 Å². The second kappa shape index (κ2) is 3.29. The SMILES string of the molecule is OCC1(Cn2ccc(Cl)n2)COC1. The Kier molecular flexibility index (Phi) is 2.27. The number of nitrogens with zero attached hydrogens (tertiary/aromatic N) is 2. The molecule has 1 aromatic heterocycles. The molecule has 2 heterocycles. The molecule has 2 rings (SSSR count). The van der Waals surface area contributed by atoms with Crippen LogP contribution in [0.15, 0.2) is 12.3 Å². The van der Waals surface area contributed by atoms with Crippen LogP contribution in [0, 0.1) is 5.41 Å². The second-order valence-corrected chi connectivity index (χ2v) is 3.87. The van der Waals surface area contributed by atoms with E-state index >= 15 is 0 Å². The van der Waals surface area contributed by atoms with Crippen LogP contribution >= 0.6 is 11.6 Å². The van der Waals surface area contributed by atoms with E-state index in [4.69, 9.17) is 21.4 Å². The van der Waals surface area contributed by atoms with E-state index < -0.39 is 0 Å². The van der Waals surface area contributed by atoms with Crippen LogP contribution in [-0.2, 0) is 11.3 Å². The summed E-state index contributed by atoms with van der Waals surface area (Å²) in [6.07, 6.45) is 1.80. The lowest BCUT2D eigenvalue weighted by Crippen LogP contribution is -2.48. The zero-order valence-corrected chi connectivity index (χ0v) is 7.87. The summed E-state index contributed by atoms with van der Waals surface area (Å²) in [6.45, 7) is 1.99. The van der Waals surface area contributed by atoms with Gasteiger partial charge in [0.15, 0.2) is 5.15 Å². The summed E-state index contributed by atoms with van der Waals surface area (Å²) in [5.74, 6) is 0. The van der Waals surface area contributed by atoms with Crippen LogP contribution in [0.4, 0.5) is 0 Å². The number of ether oxygens (including phenoxy) is 1. The Morgan fingerprint density at radius 3 is 2.85 bits per heavy atom. The molecule has 0 unspecified atom stereocenters. The largest absolute Gasteiger partial charge is 0.396 e. The van der Waals surface area contributed by atoms with Gasteiger partial charge in [-0.3, -0.25) is 4.68 Å². The Labute approximate surface area is 81.1 Å². The number of aliphatic hydroxyl groups is 1. The van der Waals surface area contributed by atoms with Gasteiger partial charge in [-0.05, 0) is 6.07 Å². The van der Waals surface area contributed by atoms with Crippen LogP contribution in [0.2, 0.25) is 5.15 Å². The molecule has 0 atom stereocenters. The van der Waals surface area contributed by atoms with E-state index in [1.165, 1.54) is 0 Å². The maximum Gasteiger partial charge on any atom is 0.151 e. The number of aromatic nitrogens is 2. The average Bonchev–Trinajstić information content (AvgIpc) is 2.44. The van der Waals surface area contributed by atoms with Crippen LogP contribution < -0.4 is 0 Å². The Morgan fingerprint density at radius 2 is 2.46 bits per heavy atom. The Morgan fingerprint density at radius 1 is 1.69 bits per heavy atom. The molecule has 0 radical (unpaired) electrons. The lowest BCUT2D eigenvalue weighted by molar-refractivity contribution is -0.146. The van der Waals surface area contributed by atoms with Crippen molar-refractivity contribution in [2.45, 2.75) is 6.54 Å². The molecule has 1 aromatic rings. The third-order valence-corrected chi connectivity index (χ3v) is 2.46. The number of hydrogen-bond acceptors (Lipinski definition) is 3. The summed E-state index contributed by atoms with van der Waals surface area (Å²) in [5, 5.41) is 13.7. The minimum Gasteiger partial charge on any atom is -0.396 e. The van der Waals surface area contributed by atoms with Crippen LogP contribution in [0.5, 0.6) is 0 Å². The van der Waals surface area contributed by atoms with Crippen LogP contribution in [-0.4, -0.2) is 34.7 Å². The zero-order chi connectivity index (χ0) is 9.31. The number of rotatable bonds is 3. The molecule has 72 valence electrons.